The van der Waals surface area contributed by atoms with Gasteiger partial charge in [0, 0.05) is 23.4 Å². The van der Waals surface area contributed by atoms with Crippen molar-refractivity contribution in [3.63, 3.8) is 0 Å². The standard InChI is InChI=1S/C18H26N4O4S2/c1-18(2,3)17-20-14(21-26-17)12-19-15(23)11-13-7-8-16(27-13)28(24,25)22-9-5-4-6-10-22/h7-8H,4-6,9-12H2,1-3H3,(H,19,23). The molecule has 1 saturated heterocycles. The van der Waals surface area contributed by atoms with Gasteiger partial charge < -0.3 is 9.84 Å². The zero-order valence-corrected chi connectivity index (χ0v) is 18.0. The summed E-state index contributed by atoms with van der Waals surface area (Å²) in [7, 11) is -3.46. The lowest BCUT2D eigenvalue weighted by molar-refractivity contribution is -0.120. The minimum Gasteiger partial charge on any atom is -0.348 e. The number of aromatic nitrogens is 2. The minimum absolute atomic E-state index is 0.115. The zero-order chi connectivity index (χ0) is 20.4. The number of nitrogens with zero attached hydrogens (tertiary/aromatic N) is 3. The van der Waals surface area contributed by atoms with Crippen LogP contribution in [0.4, 0.5) is 0 Å². The molecule has 1 fully saturated rings. The average Bonchev–Trinajstić information content (AvgIpc) is 3.30. The Kier molecular flexibility index (Phi) is 6.21. The molecular formula is C18H26N4O4S2. The van der Waals surface area contributed by atoms with Crippen molar-refractivity contribution in [1.29, 1.82) is 0 Å². The summed E-state index contributed by atoms with van der Waals surface area (Å²) in [6.45, 7) is 7.21. The third-order valence-corrected chi connectivity index (χ3v) is 7.89. The normalized spacial score (nSPS) is 16.2. The first kappa shape index (κ1) is 20.9. The Morgan fingerprint density at radius 3 is 2.61 bits per heavy atom. The molecule has 3 rings (SSSR count). The maximum absolute atomic E-state index is 12.7. The topological polar surface area (TPSA) is 105 Å². The predicted molar refractivity (Wildman–Crippen MR) is 105 cm³/mol. The number of carbonyl (C=O) groups is 1. The average molecular weight is 427 g/mol. The number of thiophene rings is 1. The lowest BCUT2D eigenvalue weighted by Crippen LogP contribution is -2.35. The van der Waals surface area contributed by atoms with Gasteiger partial charge in [-0.2, -0.15) is 9.29 Å². The molecular weight excluding hydrogens is 400 g/mol. The first-order valence-electron chi connectivity index (χ1n) is 9.35. The SMILES string of the molecule is CC(C)(C)c1nc(CNC(=O)Cc2ccc(S(=O)(=O)N3CCCCC3)s2)no1. The van der Waals surface area contributed by atoms with Gasteiger partial charge in [-0.15, -0.1) is 11.3 Å². The Hall–Kier alpha value is -1.78. The van der Waals surface area contributed by atoms with Gasteiger partial charge in [-0.25, -0.2) is 8.42 Å². The van der Waals surface area contributed by atoms with Gasteiger partial charge in [0.15, 0.2) is 5.82 Å². The van der Waals surface area contributed by atoms with Gasteiger partial charge in [-0.1, -0.05) is 32.3 Å². The van der Waals surface area contributed by atoms with Crippen molar-refractivity contribution in [3.8, 4) is 0 Å². The van der Waals surface area contributed by atoms with Gasteiger partial charge in [0.05, 0.1) is 13.0 Å². The molecule has 28 heavy (non-hydrogen) atoms. The first-order chi connectivity index (χ1) is 13.2. The lowest BCUT2D eigenvalue weighted by Gasteiger charge is -2.25. The van der Waals surface area contributed by atoms with Crippen LogP contribution >= 0.6 is 11.3 Å². The van der Waals surface area contributed by atoms with Gasteiger partial charge in [-0.05, 0) is 25.0 Å². The van der Waals surface area contributed by atoms with Crippen molar-refractivity contribution < 1.29 is 17.7 Å². The molecule has 8 nitrogen and oxygen atoms in total. The molecule has 2 aromatic rings. The second-order valence-corrected chi connectivity index (χ2v) is 11.2. The Balaban J connectivity index is 1.56. The molecule has 0 saturated carbocycles. The highest BCUT2D eigenvalue weighted by Crippen LogP contribution is 2.27. The number of hydrogen-bond acceptors (Lipinski definition) is 7. The molecule has 0 atom stereocenters. The van der Waals surface area contributed by atoms with E-state index < -0.39 is 10.0 Å². The molecule has 2 aromatic heterocycles. The van der Waals surface area contributed by atoms with Crippen LogP contribution in [0.2, 0.25) is 0 Å². The molecule has 3 heterocycles. The molecule has 0 unspecified atom stereocenters. The minimum atomic E-state index is -3.46. The van der Waals surface area contributed by atoms with E-state index in [4.69, 9.17) is 4.52 Å². The van der Waals surface area contributed by atoms with Crippen molar-refractivity contribution in [1.82, 2.24) is 19.8 Å². The second-order valence-electron chi connectivity index (χ2n) is 7.90. The van der Waals surface area contributed by atoms with Crippen LogP contribution in [-0.4, -0.2) is 41.9 Å². The second kappa shape index (κ2) is 8.30. The first-order valence-corrected chi connectivity index (χ1v) is 11.6. The Morgan fingerprint density at radius 1 is 1.25 bits per heavy atom. The van der Waals surface area contributed by atoms with Crippen LogP contribution in [0.1, 0.15) is 56.6 Å². The van der Waals surface area contributed by atoms with Gasteiger partial charge in [0.2, 0.25) is 11.8 Å². The van der Waals surface area contributed by atoms with E-state index in [1.54, 1.807) is 12.1 Å². The van der Waals surface area contributed by atoms with E-state index in [2.05, 4.69) is 15.5 Å². The highest BCUT2D eigenvalue weighted by atomic mass is 32.2. The summed E-state index contributed by atoms with van der Waals surface area (Å²) in [5.41, 5.74) is -0.248. The molecule has 0 aliphatic carbocycles. The summed E-state index contributed by atoms with van der Waals surface area (Å²) >= 11 is 1.15. The van der Waals surface area contributed by atoms with E-state index in [0.717, 1.165) is 30.6 Å². The number of sulfonamides is 1. The third-order valence-electron chi connectivity index (χ3n) is 4.43. The maximum Gasteiger partial charge on any atom is 0.252 e. The highest BCUT2D eigenvalue weighted by molar-refractivity contribution is 7.91. The summed E-state index contributed by atoms with van der Waals surface area (Å²) in [5.74, 6) is 0.714. The van der Waals surface area contributed by atoms with E-state index in [9.17, 15) is 13.2 Å². The lowest BCUT2D eigenvalue weighted by atomic mass is 9.97. The molecule has 1 N–H and O–H groups in total. The molecule has 1 aliphatic heterocycles. The monoisotopic (exact) mass is 426 g/mol. The van der Waals surface area contributed by atoms with E-state index in [0.29, 0.717) is 33.9 Å². The van der Waals surface area contributed by atoms with Crippen LogP contribution in [0.15, 0.2) is 20.9 Å². The molecule has 1 aliphatic rings. The van der Waals surface area contributed by atoms with Crippen LogP contribution in [-0.2, 0) is 33.2 Å². The molecule has 154 valence electrons. The van der Waals surface area contributed by atoms with E-state index in [-0.39, 0.29) is 24.3 Å². The van der Waals surface area contributed by atoms with E-state index >= 15 is 0 Å². The summed E-state index contributed by atoms with van der Waals surface area (Å²) in [6.07, 6.45) is 2.98. The third kappa shape index (κ3) is 4.98. The highest BCUT2D eigenvalue weighted by Gasteiger charge is 2.27. The van der Waals surface area contributed by atoms with Gasteiger partial charge in [-0.3, -0.25) is 4.79 Å². The van der Waals surface area contributed by atoms with Crippen LogP contribution in [0.5, 0.6) is 0 Å². The predicted octanol–water partition coefficient (Wildman–Crippen LogP) is 2.46. The van der Waals surface area contributed by atoms with Crippen molar-refractivity contribution in [2.75, 3.05) is 13.1 Å². The van der Waals surface area contributed by atoms with Gasteiger partial charge in [0.1, 0.15) is 4.21 Å². The molecule has 0 spiro atoms. The van der Waals surface area contributed by atoms with Crippen LogP contribution in [0, 0.1) is 0 Å². The number of hydrogen-bond donors (Lipinski definition) is 1. The fourth-order valence-electron chi connectivity index (χ4n) is 2.85. The fraction of sp³-hybridized carbons (Fsp3) is 0.611. The zero-order valence-electron chi connectivity index (χ0n) is 16.4. The summed E-state index contributed by atoms with van der Waals surface area (Å²) in [4.78, 5) is 17.2. The van der Waals surface area contributed by atoms with Crippen LogP contribution in [0.3, 0.4) is 0 Å². The van der Waals surface area contributed by atoms with Crippen LogP contribution < -0.4 is 5.32 Å². The molecule has 0 radical (unpaired) electrons. The van der Waals surface area contributed by atoms with E-state index in [1.807, 2.05) is 20.8 Å². The van der Waals surface area contributed by atoms with Crippen LogP contribution in [0.25, 0.3) is 0 Å². The largest absolute Gasteiger partial charge is 0.348 e. The van der Waals surface area contributed by atoms with Crippen molar-refractivity contribution in [2.24, 2.45) is 0 Å². The molecule has 0 bridgehead atoms. The number of nitrogens with one attached hydrogen (secondary N) is 1. The quantitative estimate of drug-likeness (QED) is 0.761. The number of rotatable bonds is 6. The van der Waals surface area contributed by atoms with Crippen molar-refractivity contribution in [3.05, 3.63) is 28.7 Å². The summed E-state index contributed by atoms with van der Waals surface area (Å²) in [5, 5.41) is 6.61. The van der Waals surface area contributed by atoms with E-state index in [1.165, 1.54) is 4.31 Å². The Morgan fingerprint density at radius 2 is 1.96 bits per heavy atom. The number of carbonyl (C=O) groups excluding carboxylic acids is 1. The van der Waals surface area contributed by atoms with Gasteiger partial charge >= 0.3 is 0 Å². The fourth-order valence-corrected chi connectivity index (χ4v) is 5.88. The summed E-state index contributed by atoms with van der Waals surface area (Å²) in [6, 6.07) is 3.29. The van der Waals surface area contributed by atoms with Crippen molar-refractivity contribution >= 4 is 27.3 Å². The molecule has 1 amide bonds. The smallest absolute Gasteiger partial charge is 0.252 e. The molecule has 0 aromatic carbocycles. The summed E-state index contributed by atoms with van der Waals surface area (Å²) < 4.78 is 32.4. The maximum atomic E-state index is 12.7. The Labute approximate surface area is 169 Å². The number of amides is 1. The Bertz CT molecular complexity index is 922. The number of piperidine rings is 1. The molecule has 10 heteroatoms. The van der Waals surface area contributed by atoms with Crippen molar-refractivity contribution in [2.45, 2.75) is 62.6 Å². The van der Waals surface area contributed by atoms with Gasteiger partial charge in [0.25, 0.3) is 10.0 Å².